The van der Waals surface area contributed by atoms with Gasteiger partial charge in [-0.25, -0.2) is 8.42 Å². The molecule has 4 nitrogen and oxygen atoms in total. The molecule has 2 aliphatic rings. The van der Waals surface area contributed by atoms with Crippen LogP contribution >= 0.6 is 11.8 Å². The highest BCUT2D eigenvalue weighted by molar-refractivity contribution is 8.13. The lowest BCUT2D eigenvalue weighted by Gasteiger charge is -2.28. The number of thioether (sulfide) groups is 1. The average molecular weight is 262 g/mol. The van der Waals surface area contributed by atoms with Crippen LogP contribution in [0.5, 0.6) is 0 Å². The van der Waals surface area contributed by atoms with Gasteiger partial charge in [-0.2, -0.15) is 0 Å². The first-order chi connectivity index (χ1) is 7.36. The van der Waals surface area contributed by atoms with E-state index in [2.05, 4.69) is 24.2 Å². The number of hydrogen-bond donors (Lipinski definition) is 1. The third kappa shape index (κ3) is 3.13. The molecule has 0 aliphatic carbocycles. The Morgan fingerprint density at radius 3 is 2.75 bits per heavy atom. The number of nitrogens with zero attached hydrogens (tertiary/aromatic N) is 1. The number of aliphatic imine (C=N–C) groups is 1. The first kappa shape index (κ1) is 12.2. The fraction of sp³-hybridized carbons (Fsp3) is 0.900. The number of amidine groups is 1. The second kappa shape index (κ2) is 4.22. The minimum atomic E-state index is -2.80. The predicted molar refractivity (Wildman–Crippen MR) is 68.7 cm³/mol. The fourth-order valence-electron chi connectivity index (χ4n) is 1.81. The number of sulfone groups is 1. The van der Waals surface area contributed by atoms with Crippen molar-refractivity contribution in [3.8, 4) is 0 Å². The van der Waals surface area contributed by atoms with Gasteiger partial charge in [0.05, 0.1) is 11.5 Å². The Balaban J connectivity index is 1.90. The Morgan fingerprint density at radius 1 is 1.50 bits per heavy atom. The lowest BCUT2D eigenvalue weighted by molar-refractivity contribution is 0.436. The van der Waals surface area contributed by atoms with E-state index >= 15 is 0 Å². The van der Waals surface area contributed by atoms with Crippen molar-refractivity contribution in [3.63, 3.8) is 0 Å². The topological polar surface area (TPSA) is 58.5 Å². The minimum absolute atomic E-state index is 0.0671. The highest BCUT2D eigenvalue weighted by Crippen LogP contribution is 2.27. The monoisotopic (exact) mass is 262 g/mol. The molecule has 1 N–H and O–H groups in total. The van der Waals surface area contributed by atoms with Crippen LogP contribution in [0.2, 0.25) is 0 Å². The Hall–Kier alpha value is -0.230. The average Bonchev–Trinajstić information content (AvgIpc) is 2.50. The van der Waals surface area contributed by atoms with Crippen molar-refractivity contribution in [2.75, 3.05) is 23.8 Å². The van der Waals surface area contributed by atoms with Crippen LogP contribution in [-0.2, 0) is 9.84 Å². The largest absolute Gasteiger partial charge is 0.361 e. The normalized spacial score (nSPS) is 32.1. The molecule has 0 radical (unpaired) electrons. The van der Waals surface area contributed by atoms with Crippen molar-refractivity contribution in [3.05, 3.63) is 0 Å². The summed E-state index contributed by atoms with van der Waals surface area (Å²) >= 11 is 1.70. The molecule has 0 spiro atoms. The summed E-state index contributed by atoms with van der Waals surface area (Å²) in [7, 11) is -2.80. The van der Waals surface area contributed by atoms with E-state index in [-0.39, 0.29) is 17.2 Å². The minimum Gasteiger partial charge on any atom is -0.361 e. The van der Waals surface area contributed by atoms with Gasteiger partial charge in [-0.3, -0.25) is 4.99 Å². The number of hydrogen-bond acceptors (Lipinski definition) is 5. The lowest BCUT2D eigenvalue weighted by atomic mass is 9.97. The molecule has 0 saturated carbocycles. The van der Waals surface area contributed by atoms with Gasteiger partial charge >= 0.3 is 0 Å². The summed E-state index contributed by atoms with van der Waals surface area (Å²) in [6.45, 7) is 5.21. The Morgan fingerprint density at radius 2 is 2.25 bits per heavy atom. The molecule has 2 rings (SSSR count). The summed E-state index contributed by atoms with van der Waals surface area (Å²) in [4.78, 5) is 4.47. The molecule has 1 unspecified atom stereocenters. The van der Waals surface area contributed by atoms with E-state index in [1.54, 1.807) is 11.8 Å². The van der Waals surface area contributed by atoms with Gasteiger partial charge in [0.25, 0.3) is 0 Å². The second-order valence-corrected chi connectivity index (χ2v) is 8.51. The predicted octanol–water partition coefficient (Wildman–Crippen LogP) is 0.892. The highest BCUT2D eigenvalue weighted by Gasteiger charge is 2.30. The molecular weight excluding hydrogens is 244 g/mol. The van der Waals surface area contributed by atoms with Gasteiger partial charge in [-0.05, 0) is 11.8 Å². The van der Waals surface area contributed by atoms with Gasteiger partial charge in [0, 0.05) is 18.3 Å². The molecule has 16 heavy (non-hydrogen) atoms. The third-order valence-electron chi connectivity index (χ3n) is 2.81. The van der Waals surface area contributed by atoms with Crippen LogP contribution in [0.25, 0.3) is 0 Å². The second-order valence-electron chi connectivity index (χ2n) is 5.32. The summed E-state index contributed by atoms with van der Waals surface area (Å²) in [5.41, 5.74) is 0.262. The van der Waals surface area contributed by atoms with Crippen LogP contribution in [0, 0.1) is 5.41 Å². The van der Waals surface area contributed by atoms with E-state index < -0.39 is 9.84 Å². The van der Waals surface area contributed by atoms with Crippen molar-refractivity contribution in [2.24, 2.45) is 10.4 Å². The molecule has 1 fully saturated rings. The smallest absolute Gasteiger partial charge is 0.156 e. The van der Waals surface area contributed by atoms with Crippen molar-refractivity contribution >= 4 is 26.8 Å². The molecule has 92 valence electrons. The van der Waals surface area contributed by atoms with Crippen molar-refractivity contribution in [2.45, 2.75) is 26.3 Å². The molecule has 0 bridgehead atoms. The Kier molecular flexibility index (Phi) is 3.22. The molecule has 0 amide bonds. The zero-order chi connectivity index (χ0) is 11.8. The van der Waals surface area contributed by atoms with Gasteiger partial charge in [0.1, 0.15) is 0 Å². The van der Waals surface area contributed by atoms with Gasteiger partial charge in [0.15, 0.2) is 15.0 Å². The van der Waals surface area contributed by atoms with Crippen LogP contribution in [0.3, 0.4) is 0 Å². The maximum absolute atomic E-state index is 11.3. The zero-order valence-electron chi connectivity index (χ0n) is 9.69. The molecular formula is C10H18N2O2S2. The fourth-order valence-corrected chi connectivity index (χ4v) is 4.51. The molecule has 2 heterocycles. The first-order valence-electron chi connectivity index (χ1n) is 5.51. The zero-order valence-corrected chi connectivity index (χ0v) is 11.3. The molecule has 1 atom stereocenters. The van der Waals surface area contributed by atoms with Gasteiger partial charge in [0.2, 0.25) is 0 Å². The van der Waals surface area contributed by atoms with Gasteiger partial charge in [-0.15, -0.1) is 0 Å². The van der Waals surface area contributed by atoms with Crippen molar-refractivity contribution in [1.82, 2.24) is 5.32 Å². The van der Waals surface area contributed by atoms with E-state index in [0.29, 0.717) is 12.2 Å². The third-order valence-corrected chi connectivity index (χ3v) is 6.02. The Bertz CT molecular complexity index is 401. The van der Waals surface area contributed by atoms with Crippen molar-refractivity contribution < 1.29 is 8.42 Å². The van der Waals surface area contributed by atoms with E-state index in [1.807, 2.05) is 0 Å². The summed E-state index contributed by atoms with van der Waals surface area (Å²) in [5, 5.41) is 4.16. The lowest BCUT2D eigenvalue weighted by Crippen LogP contribution is -2.38. The van der Waals surface area contributed by atoms with E-state index in [1.165, 1.54) is 0 Å². The Labute approximate surface area is 101 Å². The molecule has 0 aromatic heterocycles. The standard InChI is InChI=1S/C10H18N2O2S2/c1-10(2)6-11-9(15-7-10)12-8-3-4-16(13,14)5-8/h8H,3-7H2,1-2H3,(H,11,12). The van der Waals surface area contributed by atoms with Crippen LogP contribution in [0.1, 0.15) is 20.3 Å². The van der Waals surface area contributed by atoms with E-state index in [4.69, 9.17) is 0 Å². The van der Waals surface area contributed by atoms with Crippen molar-refractivity contribution in [1.29, 1.82) is 0 Å². The van der Waals surface area contributed by atoms with Crippen LogP contribution in [-0.4, -0.2) is 43.4 Å². The van der Waals surface area contributed by atoms with Crippen LogP contribution in [0.4, 0.5) is 0 Å². The first-order valence-corrected chi connectivity index (χ1v) is 8.31. The van der Waals surface area contributed by atoms with Gasteiger partial charge < -0.3 is 5.32 Å². The summed E-state index contributed by atoms with van der Waals surface area (Å²) < 4.78 is 22.6. The quantitative estimate of drug-likeness (QED) is 0.762. The summed E-state index contributed by atoms with van der Waals surface area (Å²) in [6.07, 6.45) is 0.714. The highest BCUT2D eigenvalue weighted by atomic mass is 32.2. The summed E-state index contributed by atoms with van der Waals surface area (Å²) in [5.74, 6) is 1.61. The molecule has 0 aromatic carbocycles. The van der Waals surface area contributed by atoms with Gasteiger partial charge in [-0.1, -0.05) is 25.6 Å². The maximum Gasteiger partial charge on any atom is 0.156 e. The maximum atomic E-state index is 11.3. The molecule has 6 heteroatoms. The SMILES string of the molecule is CC1(C)CN=C(NC2CCS(=O)(=O)C2)SC1. The molecule has 0 aromatic rings. The molecule has 2 aliphatic heterocycles. The van der Waals surface area contributed by atoms with Crippen LogP contribution < -0.4 is 5.32 Å². The molecule has 1 saturated heterocycles. The number of nitrogens with one attached hydrogen (secondary N) is 1. The van der Waals surface area contributed by atoms with E-state index in [9.17, 15) is 8.42 Å². The van der Waals surface area contributed by atoms with Crippen LogP contribution in [0.15, 0.2) is 4.99 Å². The number of rotatable bonds is 1. The summed E-state index contributed by atoms with van der Waals surface area (Å²) in [6, 6.07) is 0.0671. The van der Waals surface area contributed by atoms with E-state index in [0.717, 1.165) is 17.5 Å².